The highest BCUT2D eigenvalue weighted by molar-refractivity contribution is 7.81. The van der Waals surface area contributed by atoms with E-state index in [2.05, 4.69) is 18.3 Å². The van der Waals surface area contributed by atoms with Crippen LogP contribution in [0.1, 0.15) is 30.9 Å². The molecule has 3 nitrogen and oxygen atoms in total. The number of unbranched alkanes of at least 4 members (excludes halogenated alkanes) is 1. The molecule has 0 aromatic heterocycles. The van der Waals surface area contributed by atoms with Crippen LogP contribution < -0.4 is 10.1 Å². The molecule has 112 valence electrons. The highest BCUT2D eigenvalue weighted by Crippen LogP contribution is 2.17. The number of thiocarbonyl (C=S) groups is 1. The maximum absolute atomic E-state index is 8.80. The van der Waals surface area contributed by atoms with Crippen LogP contribution >= 0.6 is 12.2 Å². The van der Waals surface area contributed by atoms with Gasteiger partial charge in [0.25, 0.3) is 0 Å². The number of ether oxygens (including phenoxy) is 1. The number of hydrogen-bond acceptors (Lipinski definition) is 3. The summed E-state index contributed by atoms with van der Waals surface area (Å²) in [7, 11) is 0. The van der Waals surface area contributed by atoms with Gasteiger partial charge in [0.2, 0.25) is 0 Å². The fourth-order valence-electron chi connectivity index (χ4n) is 1.87. The van der Waals surface area contributed by atoms with Gasteiger partial charge in [0.1, 0.15) is 10.7 Å². The summed E-state index contributed by atoms with van der Waals surface area (Å²) >= 11 is 5.38. The highest BCUT2D eigenvalue weighted by atomic mass is 32.1. The Morgan fingerprint density at radius 2 is 1.82 bits per heavy atom. The summed E-state index contributed by atoms with van der Waals surface area (Å²) in [5.41, 5.74) is 2.43. The fourth-order valence-corrected chi connectivity index (χ4v) is 2.12. The van der Waals surface area contributed by atoms with Crippen LogP contribution in [0.2, 0.25) is 0 Å². The van der Waals surface area contributed by atoms with Crippen LogP contribution in [0, 0.1) is 11.3 Å². The van der Waals surface area contributed by atoms with Crippen molar-refractivity contribution in [3.63, 3.8) is 0 Å². The summed E-state index contributed by atoms with van der Waals surface area (Å²) in [5, 5.41) is 12.0. The van der Waals surface area contributed by atoms with E-state index in [-0.39, 0.29) is 0 Å². The van der Waals surface area contributed by atoms with Gasteiger partial charge in [-0.3, -0.25) is 0 Å². The van der Waals surface area contributed by atoms with E-state index in [0.717, 1.165) is 36.4 Å². The molecule has 22 heavy (non-hydrogen) atoms. The molecule has 2 aromatic rings. The first kappa shape index (κ1) is 16.0. The third-order valence-corrected chi connectivity index (χ3v) is 3.49. The predicted octanol–water partition coefficient (Wildman–Crippen LogP) is 4.52. The summed E-state index contributed by atoms with van der Waals surface area (Å²) in [6.45, 7) is 2.88. The van der Waals surface area contributed by atoms with Crippen molar-refractivity contribution in [1.29, 1.82) is 5.26 Å². The van der Waals surface area contributed by atoms with Crippen LogP contribution in [0.15, 0.2) is 48.5 Å². The topological polar surface area (TPSA) is 45.0 Å². The van der Waals surface area contributed by atoms with Gasteiger partial charge in [-0.15, -0.1) is 0 Å². The quantitative estimate of drug-likeness (QED) is 0.629. The number of anilines is 1. The summed E-state index contributed by atoms with van der Waals surface area (Å²) in [6, 6.07) is 17.0. The Balaban J connectivity index is 1.94. The molecule has 0 spiro atoms. The van der Waals surface area contributed by atoms with Crippen molar-refractivity contribution < 1.29 is 4.74 Å². The van der Waals surface area contributed by atoms with E-state index in [0.29, 0.717) is 10.6 Å². The number of nitriles is 1. The van der Waals surface area contributed by atoms with E-state index >= 15 is 0 Å². The average Bonchev–Trinajstić information content (AvgIpc) is 2.57. The predicted molar refractivity (Wildman–Crippen MR) is 93.3 cm³/mol. The molecule has 0 unspecified atom stereocenters. The Labute approximate surface area is 136 Å². The first-order valence-corrected chi connectivity index (χ1v) is 7.68. The Bertz CT molecular complexity index is 657. The molecule has 0 saturated heterocycles. The van der Waals surface area contributed by atoms with Crippen LogP contribution in [-0.4, -0.2) is 11.6 Å². The minimum Gasteiger partial charge on any atom is -0.494 e. The monoisotopic (exact) mass is 310 g/mol. The standard InChI is InChI=1S/C18H18N2OS/c1-2-3-12-21-17-10-8-16(9-11-17)20-18(22)15-6-4-14(13-19)5-7-15/h4-11H,2-3,12H2,1H3,(H,20,22). The number of hydrogen-bond donors (Lipinski definition) is 1. The number of rotatable bonds is 6. The van der Waals surface area contributed by atoms with Crippen molar-refractivity contribution in [3.05, 3.63) is 59.7 Å². The lowest BCUT2D eigenvalue weighted by atomic mass is 10.1. The lowest BCUT2D eigenvalue weighted by Crippen LogP contribution is -2.10. The van der Waals surface area contributed by atoms with Crippen molar-refractivity contribution in [2.75, 3.05) is 11.9 Å². The summed E-state index contributed by atoms with van der Waals surface area (Å²) in [4.78, 5) is 0.629. The van der Waals surface area contributed by atoms with Crippen molar-refractivity contribution in [1.82, 2.24) is 0 Å². The van der Waals surface area contributed by atoms with E-state index in [1.807, 2.05) is 36.4 Å². The van der Waals surface area contributed by atoms with Gasteiger partial charge < -0.3 is 10.1 Å². The molecule has 4 heteroatoms. The van der Waals surface area contributed by atoms with Crippen molar-refractivity contribution >= 4 is 22.9 Å². The van der Waals surface area contributed by atoms with Gasteiger partial charge in [-0.25, -0.2) is 0 Å². The Kier molecular flexibility index (Phi) is 5.93. The van der Waals surface area contributed by atoms with E-state index in [4.69, 9.17) is 22.2 Å². The zero-order chi connectivity index (χ0) is 15.8. The lowest BCUT2D eigenvalue weighted by molar-refractivity contribution is 0.309. The first-order valence-electron chi connectivity index (χ1n) is 7.27. The van der Waals surface area contributed by atoms with Crippen LogP contribution in [0.25, 0.3) is 0 Å². The molecule has 0 atom stereocenters. The fraction of sp³-hybridized carbons (Fsp3) is 0.222. The van der Waals surface area contributed by atoms with Gasteiger partial charge in [-0.1, -0.05) is 37.7 Å². The second-order valence-corrected chi connectivity index (χ2v) is 5.28. The maximum Gasteiger partial charge on any atom is 0.119 e. The van der Waals surface area contributed by atoms with Crippen LogP contribution in [-0.2, 0) is 0 Å². The molecule has 0 heterocycles. The Morgan fingerprint density at radius 1 is 1.14 bits per heavy atom. The van der Waals surface area contributed by atoms with Crippen molar-refractivity contribution in [3.8, 4) is 11.8 Å². The smallest absolute Gasteiger partial charge is 0.119 e. The first-order chi connectivity index (χ1) is 10.7. The molecule has 0 aliphatic rings. The number of nitrogens with zero attached hydrogens (tertiary/aromatic N) is 1. The second-order valence-electron chi connectivity index (χ2n) is 4.87. The molecular weight excluding hydrogens is 292 g/mol. The molecule has 0 radical (unpaired) electrons. The van der Waals surface area contributed by atoms with Gasteiger partial charge in [0.05, 0.1) is 18.2 Å². The van der Waals surface area contributed by atoms with Gasteiger partial charge in [-0.05, 0) is 42.8 Å². The van der Waals surface area contributed by atoms with E-state index in [9.17, 15) is 0 Å². The van der Waals surface area contributed by atoms with Gasteiger partial charge in [0.15, 0.2) is 0 Å². The molecule has 0 amide bonds. The second kappa shape index (κ2) is 8.16. The minimum absolute atomic E-state index is 0.625. The summed E-state index contributed by atoms with van der Waals surface area (Å²) in [6.07, 6.45) is 2.18. The largest absolute Gasteiger partial charge is 0.494 e. The zero-order valence-electron chi connectivity index (χ0n) is 12.5. The van der Waals surface area contributed by atoms with Gasteiger partial charge >= 0.3 is 0 Å². The number of nitrogens with one attached hydrogen (secondary N) is 1. The molecule has 0 aliphatic carbocycles. The molecule has 0 saturated carbocycles. The highest BCUT2D eigenvalue weighted by Gasteiger charge is 2.02. The molecule has 1 N–H and O–H groups in total. The molecular formula is C18H18N2OS. The zero-order valence-corrected chi connectivity index (χ0v) is 13.3. The van der Waals surface area contributed by atoms with Crippen molar-refractivity contribution in [2.45, 2.75) is 19.8 Å². The lowest BCUT2D eigenvalue weighted by Gasteiger charge is -2.10. The van der Waals surface area contributed by atoms with Crippen LogP contribution in [0.3, 0.4) is 0 Å². The third-order valence-electron chi connectivity index (χ3n) is 3.15. The third kappa shape index (κ3) is 4.57. The number of benzene rings is 2. The Hall–Kier alpha value is -2.38. The van der Waals surface area contributed by atoms with Crippen LogP contribution in [0.4, 0.5) is 5.69 Å². The van der Waals surface area contributed by atoms with Crippen LogP contribution in [0.5, 0.6) is 5.75 Å². The van der Waals surface area contributed by atoms with Gasteiger partial charge in [-0.2, -0.15) is 5.26 Å². The van der Waals surface area contributed by atoms with Gasteiger partial charge in [0, 0.05) is 11.3 Å². The van der Waals surface area contributed by atoms with E-state index in [1.54, 1.807) is 12.1 Å². The molecule has 2 aromatic carbocycles. The van der Waals surface area contributed by atoms with Crippen molar-refractivity contribution in [2.24, 2.45) is 0 Å². The van der Waals surface area contributed by atoms with E-state index < -0.39 is 0 Å². The molecule has 0 aliphatic heterocycles. The SMILES string of the molecule is CCCCOc1ccc(NC(=S)c2ccc(C#N)cc2)cc1. The maximum atomic E-state index is 8.80. The molecule has 0 fully saturated rings. The Morgan fingerprint density at radius 3 is 2.41 bits per heavy atom. The molecule has 2 rings (SSSR count). The average molecular weight is 310 g/mol. The summed E-state index contributed by atoms with van der Waals surface area (Å²) < 4.78 is 5.63. The summed E-state index contributed by atoms with van der Waals surface area (Å²) in [5.74, 6) is 0.864. The van der Waals surface area contributed by atoms with E-state index in [1.165, 1.54) is 0 Å². The normalized spacial score (nSPS) is 9.82. The minimum atomic E-state index is 0.625. The molecule has 0 bridgehead atoms.